The molecule has 0 fully saturated rings. The van der Waals surface area contributed by atoms with Crippen LogP contribution in [0.1, 0.15) is 35.5 Å². The molecule has 1 atom stereocenters. The van der Waals surface area contributed by atoms with Gasteiger partial charge >= 0.3 is 0 Å². The van der Waals surface area contributed by atoms with Gasteiger partial charge in [0.25, 0.3) is 0 Å². The molecule has 4 rings (SSSR count). The molecule has 0 saturated heterocycles. The quantitative estimate of drug-likeness (QED) is 0.713. The van der Waals surface area contributed by atoms with Crippen LogP contribution in [0.15, 0.2) is 35.3 Å². The molecule has 0 radical (unpaired) electrons. The summed E-state index contributed by atoms with van der Waals surface area (Å²) in [5.41, 5.74) is 2.64. The Balaban J connectivity index is 1.54. The molecule has 0 N–H and O–H groups in total. The maximum absolute atomic E-state index is 4.74. The smallest absolute Gasteiger partial charge is 0.188 e. The van der Waals surface area contributed by atoms with Gasteiger partial charge in [-0.25, -0.2) is 15.0 Å². The zero-order chi connectivity index (χ0) is 15.6. The normalized spacial score (nSPS) is 18.0. The molecule has 0 aromatic carbocycles. The summed E-state index contributed by atoms with van der Waals surface area (Å²) in [5.74, 6) is 0.717. The first-order valence-corrected chi connectivity index (χ1v) is 9.63. The lowest BCUT2D eigenvalue weighted by Gasteiger charge is -2.34. The Morgan fingerprint density at radius 1 is 1.26 bits per heavy atom. The Bertz CT molecular complexity index is 781. The third-order valence-corrected chi connectivity index (χ3v) is 6.15. The molecule has 1 aliphatic rings. The van der Waals surface area contributed by atoms with Crippen LogP contribution in [0.5, 0.6) is 0 Å². The van der Waals surface area contributed by atoms with Crippen LogP contribution in [0, 0.1) is 0 Å². The lowest BCUT2D eigenvalue weighted by molar-refractivity contribution is 0.171. The van der Waals surface area contributed by atoms with E-state index in [0.29, 0.717) is 6.04 Å². The number of rotatable bonds is 4. The molecule has 0 aliphatic carbocycles. The van der Waals surface area contributed by atoms with Crippen molar-refractivity contribution in [3.05, 3.63) is 51.4 Å². The Kier molecular flexibility index (Phi) is 4.20. The van der Waals surface area contributed by atoms with Gasteiger partial charge in [0.05, 0.1) is 5.69 Å². The summed E-state index contributed by atoms with van der Waals surface area (Å²) in [4.78, 5) is 17.4. The molecule has 3 aromatic rings. The van der Waals surface area contributed by atoms with Gasteiger partial charge in [0.15, 0.2) is 10.8 Å². The zero-order valence-electron chi connectivity index (χ0n) is 13.0. The van der Waals surface area contributed by atoms with Crippen molar-refractivity contribution in [1.82, 2.24) is 19.9 Å². The summed E-state index contributed by atoms with van der Waals surface area (Å²) >= 11 is 3.52. The molecule has 118 valence electrons. The number of hydrogen-bond acceptors (Lipinski definition) is 6. The lowest BCUT2D eigenvalue weighted by Crippen LogP contribution is -2.34. The summed E-state index contributed by atoms with van der Waals surface area (Å²) in [5, 5.41) is 5.27. The largest absolute Gasteiger partial charge is 0.290 e. The van der Waals surface area contributed by atoms with Crippen molar-refractivity contribution >= 4 is 22.7 Å². The van der Waals surface area contributed by atoms with Crippen molar-refractivity contribution in [3.8, 4) is 10.8 Å². The topological polar surface area (TPSA) is 41.9 Å². The first-order valence-electron chi connectivity index (χ1n) is 7.87. The molecule has 3 aromatic heterocycles. The molecule has 4 heterocycles. The highest BCUT2D eigenvalue weighted by Crippen LogP contribution is 2.36. The van der Waals surface area contributed by atoms with E-state index in [0.717, 1.165) is 42.5 Å². The Hall–Kier alpha value is -1.63. The van der Waals surface area contributed by atoms with Gasteiger partial charge in [-0.2, -0.15) is 0 Å². The zero-order valence-corrected chi connectivity index (χ0v) is 14.6. The first kappa shape index (κ1) is 14.9. The molecule has 0 bridgehead atoms. The molecular weight excluding hydrogens is 324 g/mol. The van der Waals surface area contributed by atoms with Crippen molar-refractivity contribution in [3.63, 3.8) is 0 Å². The Morgan fingerprint density at radius 3 is 2.96 bits per heavy atom. The molecule has 1 aliphatic heterocycles. The van der Waals surface area contributed by atoms with Gasteiger partial charge in [-0.1, -0.05) is 6.92 Å². The van der Waals surface area contributed by atoms with Gasteiger partial charge < -0.3 is 0 Å². The van der Waals surface area contributed by atoms with Crippen molar-refractivity contribution in [2.45, 2.75) is 32.4 Å². The maximum Gasteiger partial charge on any atom is 0.188 e. The third-order valence-electron chi connectivity index (χ3n) is 4.27. The molecule has 0 unspecified atom stereocenters. The summed E-state index contributed by atoms with van der Waals surface area (Å²) < 4.78 is 0. The number of thiazole rings is 1. The van der Waals surface area contributed by atoms with Crippen molar-refractivity contribution in [2.75, 3.05) is 6.54 Å². The van der Waals surface area contributed by atoms with Crippen molar-refractivity contribution in [2.24, 2.45) is 0 Å². The van der Waals surface area contributed by atoms with E-state index in [1.165, 1.54) is 5.56 Å². The lowest BCUT2D eigenvalue weighted by atomic mass is 9.98. The monoisotopic (exact) mass is 342 g/mol. The van der Waals surface area contributed by atoms with Crippen LogP contribution in [-0.4, -0.2) is 26.4 Å². The van der Waals surface area contributed by atoms with E-state index in [1.54, 1.807) is 28.6 Å². The van der Waals surface area contributed by atoms with Crippen molar-refractivity contribution in [1.29, 1.82) is 0 Å². The van der Waals surface area contributed by atoms with Gasteiger partial charge in [-0.15, -0.1) is 22.7 Å². The average molecular weight is 342 g/mol. The second-order valence-corrected chi connectivity index (χ2v) is 7.52. The van der Waals surface area contributed by atoms with E-state index in [9.17, 15) is 0 Å². The Labute approximate surface area is 143 Å². The number of aromatic nitrogens is 3. The fraction of sp³-hybridized carbons (Fsp3) is 0.353. The predicted molar refractivity (Wildman–Crippen MR) is 94.6 cm³/mol. The molecule has 6 heteroatoms. The summed E-state index contributed by atoms with van der Waals surface area (Å²) in [7, 11) is 0. The van der Waals surface area contributed by atoms with Crippen LogP contribution in [0.4, 0.5) is 0 Å². The van der Waals surface area contributed by atoms with Gasteiger partial charge in [0, 0.05) is 41.8 Å². The van der Waals surface area contributed by atoms with Crippen LogP contribution in [0.3, 0.4) is 0 Å². The minimum absolute atomic E-state index is 0.517. The predicted octanol–water partition coefficient (Wildman–Crippen LogP) is 4.17. The number of hydrogen-bond donors (Lipinski definition) is 0. The SMILES string of the molecule is CC[C@@H]1c2ccsc2CCN1Cc1csc(-c2ncccn2)n1. The van der Waals surface area contributed by atoms with E-state index >= 15 is 0 Å². The second kappa shape index (κ2) is 6.47. The van der Waals surface area contributed by atoms with E-state index in [1.807, 2.05) is 17.4 Å². The fourth-order valence-corrected chi connectivity index (χ4v) is 4.90. The molecule has 0 amide bonds. The highest BCUT2D eigenvalue weighted by atomic mass is 32.1. The summed E-state index contributed by atoms with van der Waals surface area (Å²) in [6.45, 7) is 4.28. The molecule has 0 spiro atoms. The van der Waals surface area contributed by atoms with Crippen LogP contribution in [0.25, 0.3) is 10.8 Å². The first-order chi connectivity index (χ1) is 11.3. The van der Waals surface area contributed by atoms with Crippen molar-refractivity contribution < 1.29 is 0 Å². The third kappa shape index (κ3) is 2.94. The summed E-state index contributed by atoms with van der Waals surface area (Å²) in [6.07, 6.45) is 5.82. The van der Waals surface area contributed by atoms with Crippen LogP contribution < -0.4 is 0 Å². The van der Waals surface area contributed by atoms with E-state index < -0.39 is 0 Å². The van der Waals surface area contributed by atoms with Crippen LogP contribution >= 0.6 is 22.7 Å². The fourth-order valence-electron chi connectivity index (χ4n) is 3.22. The van der Waals surface area contributed by atoms with E-state index in [4.69, 9.17) is 4.98 Å². The summed E-state index contributed by atoms with van der Waals surface area (Å²) in [6, 6.07) is 4.64. The molecule has 23 heavy (non-hydrogen) atoms. The number of nitrogens with zero attached hydrogens (tertiary/aromatic N) is 4. The van der Waals surface area contributed by atoms with Crippen LogP contribution in [0.2, 0.25) is 0 Å². The van der Waals surface area contributed by atoms with Gasteiger partial charge in [-0.3, -0.25) is 4.90 Å². The van der Waals surface area contributed by atoms with E-state index in [2.05, 4.69) is 38.6 Å². The van der Waals surface area contributed by atoms with Gasteiger partial charge in [0.2, 0.25) is 0 Å². The van der Waals surface area contributed by atoms with Gasteiger partial charge in [-0.05, 0) is 35.9 Å². The van der Waals surface area contributed by atoms with Crippen LogP contribution in [-0.2, 0) is 13.0 Å². The second-order valence-electron chi connectivity index (χ2n) is 5.66. The minimum atomic E-state index is 0.517. The molecular formula is C17H18N4S2. The maximum atomic E-state index is 4.74. The molecule has 4 nitrogen and oxygen atoms in total. The molecule has 0 saturated carbocycles. The highest BCUT2D eigenvalue weighted by Gasteiger charge is 2.27. The van der Waals surface area contributed by atoms with E-state index in [-0.39, 0.29) is 0 Å². The average Bonchev–Trinajstić information content (AvgIpc) is 3.24. The Morgan fingerprint density at radius 2 is 2.13 bits per heavy atom. The minimum Gasteiger partial charge on any atom is -0.290 e. The standard InChI is InChI=1S/C17H18N4S2/c1-2-14-13-5-9-22-15(13)4-8-21(14)10-12-11-23-17(20-12)16-18-6-3-7-19-16/h3,5-7,9,11,14H,2,4,8,10H2,1H3/t14-/m1/s1. The number of thiophene rings is 1. The number of fused-ring (bicyclic) bond motifs is 1. The van der Waals surface area contributed by atoms with Gasteiger partial charge in [0.1, 0.15) is 0 Å². The highest BCUT2D eigenvalue weighted by molar-refractivity contribution is 7.13.